The number of hydrogen-bond acceptors (Lipinski definition) is 14. The molecule has 0 aromatic heterocycles. The van der Waals surface area contributed by atoms with Crippen LogP contribution in [-0.2, 0) is 45.3 Å². The number of rotatable bonds is 9. The fraction of sp³-hybridized carbons (Fsp3) is 0.0357. The Bertz CT molecular complexity index is 2840. The summed E-state index contributed by atoms with van der Waals surface area (Å²) < 4.78 is 136. The van der Waals surface area contributed by atoms with E-state index in [9.17, 15) is 61.8 Å². The Labute approximate surface area is 401 Å². The second kappa shape index (κ2) is 19.7. The van der Waals surface area contributed by atoms with Crippen molar-refractivity contribution in [1.82, 2.24) is 0 Å². The van der Waals surface area contributed by atoms with Gasteiger partial charge in [-0.3, -0.25) is 23.0 Å². The van der Waals surface area contributed by atoms with Crippen LogP contribution in [0.2, 0.25) is 0 Å². The minimum absolute atomic E-state index is 0. The van der Waals surface area contributed by atoms with E-state index in [4.69, 9.17) is 0 Å². The van der Waals surface area contributed by atoms with Crippen molar-refractivity contribution >= 4 is 215 Å². The van der Waals surface area contributed by atoms with Crippen LogP contribution in [0, 0.1) is 0 Å². The number of phenols is 1. The molecule has 0 unspecified atom stereocenters. The molecule has 0 spiro atoms. The zero-order valence-corrected chi connectivity index (χ0v) is 28.5. The Hall–Kier alpha value is -1.27. The maximum atomic E-state index is 12.5. The van der Waals surface area contributed by atoms with Crippen molar-refractivity contribution in [2.24, 2.45) is 20.5 Å². The van der Waals surface area contributed by atoms with Gasteiger partial charge in [0.1, 0.15) is 26.1 Å². The summed E-state index contributed by atoms with van der Waals surface area (Å²) in [5.74, 6) is -1.85. The van der Waals surface area contributed by atoms with Gasteiger partial charge in [0.15, 0.2) is 5.75 Å². The molecule has 27 heteroatoms. The van der Waals surface area contributed by atoms with Crippen molar-refractivity contribution in [1.29, 1.82) is 0 Å². The molecular formula is C28H25N5Na4O14S4. The monoisotopic (exact) mass is 875 g/mol. The third-order valence-corrected chi connectivity index (χ3v) is 10.5. The van der Waals surface area contributed by atoms with Crippen molar-refractivity contribution < 1.29 is 61.8 Å². The third kappa shape index (κ3) is 11.9. The molecule has 6 N–H and O–H groups in total. The van der Waals surface area contributed by atoms with E-state index in [1.807, 2.05) is 0 Å². The van der Waals surface area contributed by atoms with Crippen LogP contribution in [-0.4, -0.2) is 181 Å². The first-order valence-corrected chi connectivity index (χ1v) is 19.3. The van der Waals surface area contributed by atoms with Crippen molar-refractivity contribution in [3.8, 4) is 5.75 Å². The van der Waals surface area contributed by atoms with Gasteiger partial charge in [-0.15, -0.1) is 20.5 Å². The van der Waals surface area contributed by atoms with E-state index >= 15 is 0 Å². The molecule has 5 aromatic rings. The topological polar surface area (TPSA) is 316 Å². The molecule has 0 fully saturated rings. The van der Waals surface area contributed by atoms with Crippen molar-refractivity contribution in [2.75, 3.05) is 5.32 Å². The third-order valence-electron chi connectivity index (χ3n) is 6.95. The van der Waals surface area contributed by atoms with Crippen molar-refractivity contribution in [3.05, 3.63) is 72.8 Å². The molecule has 55 heavy (non-hydrogen) atoms. The zero-order chi connectivity index (χ0) is 37.7. The van der Waals surface area contributed by atoms with Gasteiger partial charge in [0.2, 0.25) is 5.91 Å². The fourth-order valence-electron chi connectivity index (χ4n) is 4.85. The Morgan fingerprint density at radius 1 is 0.545 bits per heavy atom. The minimum atomic E-state index is -5.35. The summed E-state index contributed by atoms with van der Waals surface area (Å²) in [6.45, 7) is 1.06. The number of carbonyl (C=O) groups excluding carboxylic acids is 1. The molecule has 0 saturated carbocycles. The predicted octanol–water partition coefficient (Wildman–Crippen LogP) is 2.88. The number of benzene rings is 5. The van der Waals surface area contributed by atoms with Crippen LogP contribution in [0.4, 0.5) is 28.4 Å². The molecular weight excluding hydrogens is 851 g/mol. The predicted molar refractivity (Wildman–Crippen MR) is 207 cm³/mol. The molecule has 5 rings (SSSR count). The summed E-state index contributed by atoms with van der Waals surface area (Å²) in [6.07, 6.45) is 0. The number of azo groups is 2. The van der Waals surface area contributed by atoms with E-state index in [0.29, 0.717) is 6.07 Å². The summed E-state index contributed by atoms with van der Waals surface area (Å²) in [5, 5.41) is 27.8. The first-order valence-electron chi connectivity index (χ1n) is 13.6. The Morgan fingerprint density at radius 2 is 1.07 bits per heavy atom. The molecule has 0 aliphatic rings. The summed E-state index contributed by atoms with van der Waals surface area (Å²) in [7, 11) is -20.0. The van der Waals surface area contributed by atoms with Crippen LogP contribution in [0.15, 0.2) is 113 Å². The molecule has 0 atom stereocenters. The second-order valence-electron chi connectivity index (χ2n) is 10.4. The number of amides is 1. The summed E-state index contributed by atoms with van der Waals surface area (Å²) in [6, 6.07) is 12.8. The van der Waals surface area contributed by atoms with Crippen LogP contribution in [0.1, 0.15) is 6.92 Å². The fourth-order valence-corrected chi connectivity index (χ4v) is 7.30. The Balaban J connectivity index is 0.00000378. The number of fused-ring (bicyclic) bond motifs is 2. The van der Waals surface area contributed by atoms with Gasteiger partial charge >= 0.3 is 118 Å². The number of hydrogen-bond donors (Lipinski definition) is 6. The van der Waals surface area contributed by atoms with Crippen LogP contribution in [0.5, 0.6) is 5.75 Å². The van der Waals surface area contributed by atoms with E-state index in [1.165, 1.54) is 24.3 Å². The van der Waals surface area contributed by atoms with Crippen LogP contribution in [0.25, 0.3) is 21.5 Å². The van der Waals surface area contributed by atoms with Gasteiger partial charge in [-0.1, -0.05) is 18.2 Å². The first-order chi connectivity index (χ1) is 23.6. The molecule has 0 heterocycles. The zero-order valence-electron chi connectivity index (χ0n) is 25.3. The molecule has 5 aromatic carbocycles. The molecule has 0 radical (unpaired) electrons. The maximum absolute atomic E-state index is 12.5. The Morgan fingerprint density at radius 3 is 1.62 bits per heavy atom. The number of aromatic hydroxyl groups is 1. The van der Waals surface area contributed by atoms with E-state index in [-0.39, 0.29) is 152 Å². The molecule has 19 nitrogen and oxygen atoms in total. The van der Waals surface area contributed by atoms with Crippen molar-refractivity contribution in [2.45, 2.75) is 26.5 Å². The van der Waals surface area contributed by atoms with Crippen LogP contribution < -0.4 is 5.32 Å². The van der Waals surface area contributed by atoms with E-state index in [1.54, 1.807) is 0 Å². The quantitative estimate of drug-likeness (QED) is 0.0705. The van der Waals surface area contributed by atoms with E-state index in [2.05, 4.69) is 25.8 Å². The second-order valence-corrected chi connectivity index (χ2v) is 16.0. The molecule has 1 amide bonds. The summed E-state index contributed by atoms with van der Waals surface area (Å²) >= 11 is 0. The average Bonchev–Trinajstić information content (AvgIpc) is 3.01. The van der Waals surface area contributed by atoms with Gasteiger partial charge in [0.05, 0.1) is 27.3 Å². The molecule has 0 aliphatic heterocycles. The van der Waals surface area contributed by atoms with Crippen LogP contribution >= 0.6 is 0 Å². The molecule has 0 bridgehead atoms. The standard InChI is InChI=1S/C28H21N5O14S4.4Na.4H/c1-14(34)29-22-10-11-23(49(39,40)41)18-13-25(51(45,46)47)27(28(35)26(18)22)33-31-20-9-8-19(16-7-6-15(12-17(16)20)48(36,37)38)30-32-21-4-2-3-5-24(21)50(42,43)44;;;;;;;;/h2-13,35H,1H3,(H,29,34)(H,36,37,38)(H,39,40,41)(H,42,43,44)(H,45,46,47);;;;;;;;/b32-30+,33-31+;;;;;;;;. The van der Waals surface area contributed by atoms with Crippen molar-refractivity contribution in [3.63, 3.8) is 0 Å². The SMILES string of the molecule is CC(=O)Nc1ccc(S(=O)(=O)O)c2cc(S(=O)(=O)O)c(/N=N/c3ccc(/N=N/c4ccccc4S(=O)(=O)O)c4ccc(S(=O)(=O)O)cc34)c(O)c12.[NaH].[NaH].[NaH].[NaH]. The number of phenolic OH excluding ortho intramolecular Hbond substituents is 1. The number of anilines is 1. The number of carbonyl (C=O) groups is 1. The number of nitrogens with zero attached hydrogens (tertiary/aromatic N) is 4. The van der Waals surface area contributed by atoms with Gasteiger partial charge in [0, 0.05) is 23.1 Å². The van der Waals surface area contributed by atoms with Crippen LogP contribution in [0.3, 0.4) is 0 Å². The van der Waals surface area contributed by atoms with Gasteiger partial charge in [0.25, 0.3) is 40.5 Å². The van der Waals surface area contributed by atoms with E-state index < -0.39 is 88.2 Å². The van der Waals surface area contributed by atoms with Gasteiger partial charge in [-0.05, 0) is 54.6 Å². The Kier molecular flexibility index (Phi) is 18.5. The molecule has 0 aliphatic carbocycles. The van der Waals surface area contributed by atoms with Gasteiger partial charge < -0.3 is 10.4 Å². The average molecular weight is 876 g/mol. The van der Waals surface area contributed by atoms with E-state index in [0.717, 1.165) is 49.4 Å². The van der Waals surface area contributed by atoms with Gasteiger partial charge in [-0.25, -0.2) is 0 Å². The summed E-state index contributed by atoms with van der Waals surface area (Å²) in [4.78, 5) is 8.52. The molecule has 0 saturated heterocycles. The first kappa shape index (κ1) is 51.7. The number of nitrogens with one attached hydrogen (secondary N) is 1. The summed E-state index contributed by atoms with van der Waals surface area (Å²) in [5.41, 5.74) is -1.85. The molecule has 274 valence electrons. The van der Waals surface area contributed by atoms with Gasteiger partial charge in [-0.2, -0.15) is 33.7 Å². The normalized spacial score (nSPS) is 12.1.